The fraction of sp³-hybridized carbons (Fsp3) is 0.0714. The number of benzene rings is 2. The fourth-order valence-corrected chi connectivity index (χ4v) is 2.24. The van der Waals surface area contributed by atoms with Gasteiger partial charge in [-0.25, -0.2) is 13.2 Å². The smallest absolute Gasteiger partial charge is 0.339 e. The molecular formula is C14H12O5S. The third kappa shape index (κ3) is 3.16. The zero-order valence-corrected chi connectivity index (χ0v) is 11.4. The molecule has 0 aliphatic heterocycles. The molecule has 2 aromatic carbocycles. The first-order valence-corrected chi connectivity index (χ1v) is 7.57. The molecule has 0 spiro atoms. The summed E-state index contributed by atoms with van der Waals surface area (Å²) in [4.78, 5) is 11.2. The molecule has 0 unspecified atom stereocenters. The normalized spacial score (nSPS) is 11.1. The van der Waals surface area contributed by atoms with Crippen molar-refractivity contribution in [2.24, 2.45) is 0 Å². The molecule has 5 nitrogen and oxygen atoms in total. The van der Waals surface area contributed by atoms with Gasteiger partial charge in [0.2, 0.25) is 0 Å². The van der Waals surface area contributed by atoms with E-state index in [2.05, 4.69) is 0 Å². The van der Waals surface area contributed by atoms with E-state index in [1.54, 1.807) is 12.1 Å². The maximum atomic E-state index is 11.3. The van der Waals surface area contributed by atoms with Crippen molar-refractivity contribution in [1.82, 2.24) is 0 Å². The molecule has 0 bridgehead atoms. The topological polar surface area (TPSA) is 80.7 Å². The first-order chi connectivity index (χ1) is 9.38. The van der Waals surface area contributed by atoms with Crippen LogP contribution in [0, 0.1) is 0 Å². The van der Waals surface area contributed by atoms with E-state index in [1.165, 1.54) is 36.4 Å². The van der Waals surface area contributed by atoms with Gasteiger partial charge < -0.3 is 9.84 Å². The Bertz CT molecular complexity index is 732. The van der Waals surface area contributed by atoms with Crippen molar-refractivity contribution in [2.75, 3.05) is 6.26 Å². The van der Waals surface area contributed by atoms with Gasteiger partial charge in [0.05, 0.1) is 4.90 Å². The van der Waals surface area contributed by atoms with Crippen LogP contribution in [0.1, 0.15) is 10.4 Å². The molecule has 0 atom stereocenters. The largest absolute Gasteiger partial charge is 0.478 e. The molecule has 0 saturated carbocycles. The summed E-state index contributed by atoms with van der Waals surface area (Å²) in [6.45, 7) is 0. The highest BCUT2D eigenvalue weighted by atomic mass is 32.2. The number of hydrogen-bond donors (Lipinski definition) is 1. The molecule has 2 aromatic rings. The number of aromatic carboxylic acids is 1. The third-order valence-corrected chi connectivity index (χ3v) is 3.73. The summed E-state index contributed by atoms with van der Waals surface area (Å²) in [5.74, 6) is -0.522. The molecule has 0 amide bonds. The Morgan fingerprint density at radius 2 is 1.65 bits per heavy atom. The SMILES string of the molecule is CS(=O)(=O)c1ccc(Oc2ccccc2C(=O)O)cc1. The van der Waals surface area contributed by atoms with E-state index >= 15 is 0 Å². The van der Waals surface area contributed by atoms with Gasteiger partial charge in [0.1, 0.15) is 17.1 Å². The van der Waals surface area contributed by atoms with Gasteiger partial charge in [-0.2, -0.15) is 0 Å². The Morgan fingerprint density at radius 3 is 2.20 bits per heavy atom. The molecule has 6 heteroatoms. The molecule has 0 fully saturated rings. The summed E-state index contributed by atoms with van der Waals surface area (Å²) in [6, 6.07) is 12.0. The quantitative estimate of drug-likeness (QED) is 0.936. The summed E-state index contributed by atoms with van der Waals surface area (Å²) in [5, 5.41) is 9.04. The molecule has 104 valence electrons. The molecule has 0 saturated heterocycles. The average Bonchev–Trinajstić information content (AvgIpc) is 2.38. The van der Waals surface area contributed by atoms with Crippen molar-refractivity contribution >= 4 is 15.8 Å². The highest BCUT2D eigenvalue weighted by Gasteiger charge is 2.12. The first kappa shape index (κ1) is 14.1. The number of ether oxygens (including phenoxy) is 1. The van der Waals surface area contributed by atoms with E-state index < -0.39 is 15.8 Å². The second-order valence-corrected chi connectivity index (χ2v) is 6.16. The highest BCUT2D eigenvalue weighted by Crippen LogP contribution is 2.26. The van der Waals surface area contributed by atoms with Crippen LogP contribution >= 0.6 is 0 Å². The lowest BCUT2D eigenvalue weighted by molar-refractivity contribution is 0.0694. The number of carbonyl (C=O) groups is 1. The lowest BCUT2D eigenvalue weighted by atomic mass is 10.2. The van der Waals surface area contributed by atoms with Gasteiger partial charge in [-0.05, 0) is 36.4 Å². The van der Waals surface area contributed by atoms with Gasteiger partial charge in [-0.15, -0.1) is 0 Å². The fourth-order valence-electron chi connectivity index (χ4n) is 1.61. The standard InChI is InChI=1S/C14H12O5S/c1-20(17,18)11-8-6-10(7-9-11)19-13-5-3-2-4-12(13)14(15)16/h2-9H,1H3,(H,15,16). The molecule has 0 aliphatic rings. The lowest BCUT2D eigenvalue weighted by Crippen LogP contribution is -2.00. The van der Waals surface area contributed by atoms with Crippen molar-refractivity contribution < 1.29 is 23.1 Å². The third-order valence-electron chi connectivity index (χ3n) is 2.60. The van der Waals surface area contributed by atoms with Crippen LogP contribution in [-0.4, -0.2) is 25.7 Å². The summed E-state index contributed by atoms with van der Waals surface area (Å²) in [7, 11) is -3.26. The van der Waals surface area contributed by atoms with E-state index in [9.17, 15) is 13.2 Å². The molecule has 0 radical (unpaired) electrons. The summed E-state index contributed by atoms with van der Waals surface area (Å²) in [6.07, 6.45) is 1.11. The minimum Gasteiger partial charge on any atom is -0.478 e. The maximum absolute atomic E-state index is 11.3. The highest BCUT2D eigenvalue weighted by molar-refractivity contribution is 7.90. The number of carboxylic acid groups (broad SMARTS) is 1. The van der Waals surface area contributed by atoms with Crippen molar-refractivity contribution in [1.29, 1.82) is 0 Å². The molecule has 20 heavy (non-hydrogen) atoms. The van der Waals surface area contributed by atoms with Crippen molar-refractivity contribution in [3.05, 3.63) is 54.1 Å². The zero-order valence-electron chi connectivity index (χ0n) is 10.6. The minimum absolute atomic E-state index is 0.0414. The summed E-state index contributed by atoms with van der Waals surface area (Å²) < 4.78 is 28.1. The van der Waals surface area contributed by atoms with Crippen LogP contribution in [0.25, 0.3) is 0 Å². The lowest BCUT2D eigenvalue weighted by Gasteiger charge is -2.08. The summed E-state index contributed by atoms with van der Waals surface area (Å²) >= 11 is 0. The molecular weight excluding hydrogens is 280 g/mol. The Kier molecular flexibility index (Phi) is 3.76. The van der Waals surface area contributed by atoms with Gasteiger partial charge in [0, 0.05) is 6.26 Å². The van der Waals surface area contributed by atoms with Crippen molar-refractivity contribution in [3.8, 4) is 11.5 Å². The van der Waals surface area contributed by atoms with E-state index in [-0.39, 0.29) is 16.2 Å². The minimum atomic E-state index is -3.26. The average molecular weight is 292 g/mol. The Labute approximate surface area is 116 Å². The van der Waals surface area contributed by atoms with Crippen LogP contribution in [0.5, 0.6) is 11.5 Å². The van der Waals surface area contributed by atoms with E-state index in [4.69, 9.17) is 9.84 Å². The number of sulfone groups is 1. The van der Waals surface area contributed by atoms with Gasteiger partial charge in [0.25, 0.3) is 0 Å². The van der Waals surface area contributed by atoms with E-state index in [1.807, 2.05) is 0 Å². The number of hydrogen-bond acceptors (Lipinski definition) is 4. The molecule has 1 N–H and O–H groups in total. The molecule has 0 heterocycles. The van der Waals surface area contributed by atoms with Crippen molar-refractivity contribution in [3.63, 3.8) is 0 Å². The van der Waals surface area contributed by atoms with Crippen LogP contribution in [0.3, 0.4) is 0 Å². The second-order valence-electron chi connectivity index (χ2n) is 4.15. The summed E-state index contributed by atoms with van der Waals surface area (Å²) in [5.41, 5.74) is 0.0414. The molecule has 0 aliphatic carbocycles. The Hall–Kier alpha value is -2.34. The van der Waals surface area contributed by atoms with Crippen LogP contribution in [-0.2, 0) is 9.84 Å². The van der Waals surface area contributed by atoms with Crippen LogP contribution in [0.4, 0.5) is 0 Å². The van der Waals surface area contributed by atoms with Crippen LogP contribution in [0.15, 0.2) is 53.4 Å². The number of para-hydroxylation sites is 1. The van der Waals surface area contributed by atoms with E-state index in [0.717, 1.165) is 6.26 Å². The number of carboxylic acids is 1. The molecule has 2 rings (SSSR count). The second kappa shape index (κ2) is 5.34. The van der Waals surface area contributed by atoms with Crippen molar-refractivity contribution in [2.45, 2.75) is 4.90 Å². The predicted octanol–water partition coefficient (Wildman–Crippen LogP) is 2.58. The van der Waals surface area contributed by atoms with Crippen LogP contribution < -0.4 is 4.74 Å². The zero-order chi connectivity index (χ0) is 14.8. The van der Waals surface area contributed by atoms with Gasteiger partial charge in [0.15, 0.2) is 9.84 Å². The predicted molar refractivity (Wildman–Crippen MR) is 73.0 cm³/mol. The Morgan fingerprint density at radius 1 is 1.05 bits per heavy atom. The monoisotopic (exact) mass is 292 g/mol. The van der Waals surface area contributed by atoms with Gasteiger partial charge >= 0.3 is 5.97 Å². The Balaban J connectivity index is 2.30. The molecule has 0 aromatic heterocycles. The first-order valence-electron chi connectivity index (χ1n) is 5.68. The van der Waals surface area contributed by atoms with Gasteiger partial charge in [-0.3, -0.25) is 0 Å². The van der Waals surface area contributed by atoms with Crippen LogP contribution in [0.2, 0.25) is 0 Å². The number of rotatable bonds is 4. The van der Waals surface area contributed by atoms with Gasteiger partial charge in [-0.1, -0.05) is 12.1 Å². The van der Waals surface area contributed by atoms with E-state index in [0.29, 0.717) is 5.75 Å². The maximum Gasteiger partial charge on any atom is 0.339 e.